The number of hydrogen-bond donors (Lipinski definition) is 2. The molecule has 0 aliphatic heterocycles. The summed E-state index contributed by atoms with van der Waals surface area (Å²) in [5.41, 5.74) is 1.28. The highest BCUT2D eigenvalue weighted by atomic mass is 16.5. The normalized spacial score (nSPS) is 10.1. The zero-order chi connectivity index (χ0) is 15.2. The summed E-state index contributed by atoms with van der Waals surface area (Å²) in [6.45, 7) is 1.77. The number of aromatic carboxylic acids is 1. The molecule has 1 aromatic heterocycles. The number of aromatic nitrogens is 1. The van der Waals surface area contributed by atoms with Crippen LogP contribution in [0.15, 0.2) is 34.7 Å². The second kappa shape index (κ2) is 6.56. The molecule has 1 amide bonds. The number of carbonyl (C=O) groups excluding carboxylic acids is 1. The quantitative estimate of drug-likeness (QED) is 0.874. The van der Waals surface area contributed by atoms with E-state index in [1.165, 1.54) is 0 Å². The van der Waals surface area contributed by atoms with Crippen LogP contribution in [0.1, 0.15) is 27.7 Å². The number of carbonyl (C=O) groups is 2. The van der Waals surface area contributed by atoms with Gasteiger partial charge in [-0.3, -0.25) is 0 Å². The van der Waals surface area contributed by atoms with Gasteiger partial charge >= 0.3 is 18.0 Å². The summed E-state index contributed by atoms with van der Waals surface area (Å²) in [5, 5.41) is 11.2. The molecule has 21 heavy (non-hydrogen) atoms. The summed E-state index contributed by atoms with van der Waals surface area (Å²) in [6.07, 6.45) is -0.619. The van der Waals surface area contributed by atoms with Gasteiger partial charge in [-0.15, -0.1) is 0 Å². The number of benzene rings is 1. The lowest BCUT2D eigenvalue weighted by atomic mass is 10.2. The minimum atomic E-state index is -1.25. The fourth-order valence-corrected chi connectivity index (χ4v) is 1.61. The number of carboxylic acids is 1. The van der Waals surface area contributed by atoms with Crippen LogP contribution in [0.2, 0.25) is 0 Å². The number of nitrogens with zero attached hydrogens (tertiary/aromatic N) is 1. The summed E-state index contributed by atoms with van der Waals surface area (Å²) >= 11 is 0. The highest BCUT2D eigenvalue weighted by molar-refractivity contribution is 5.82. The van der Waals surface area contributed by atoms with E-state index in [-0.39, 0.29) is 18.9 Å². The average Bonchev–Trinajstić information content (AvgIpc) is 2.85. The summed E-state index contributed by atoms with van der Waals surface area (Å²) in [4.78, 5) is 25.9. The minimum Gasteiger partial charge on any atom is -0.474 e. The van der Waals surface area contributed by atoms with Crippen LogP contribution in [-0.2, 0) is 17.9 Å². The van der Waals surface area contributed by atoms with Gasteiger partial charge in [0, 0.05) is 0 Å². The number of ether oxygens (including phenoxy) is 1. The molecule has 0 atom stereocenters. The second-order valence-electron chi connectivity index (χ2n) is 4.25. The molecule has 1 heterocycles. The monoisotopic (exact) mass is 290 g/mol. The summed E-state index contributed by atoms with van der Waals surface area (Å²) in [7, 11) is 0. The molecule has 0 unspecified atom stereocenters. The first-order valence-corrected chi connectivity index (χ1v) is 6.20. The van der Waals surface area contributed by atoms with E-state index in [4.69, 9.17) is 14.3 Å². The number of rotatable bonds is 5. The Labute approximate surface area is 120 Å². The zero-order valence-electron chi connectivity index (χ0n) is 11.3. The van der Waals surface area contributed by atoms with E-state index in [1.54, 1.807) is 6.92 Å². The lowest BCUT2D eigenvalue weighted by Crippen LogP contribution is -2.23. The number of oxazole rings is 1. The van der Waals surface area contributed by atoms with E-state index in [0.29, 0.717) is 5.69 Å². The lowest BCUT2D eigenvalue weighted by Gasteiger charge is -2.06. The Morgan fingerprint density at radius 1 is 1.33 bits per heavy atom. The molecule has 2 N–H and O–H groups in total. The second-order valence-corrected chi connectivity index (χ2v) is 4.25. The molecular weight excluding hydrogens is 276 g/mol. The SMILES string of the molecule is Cc1nc(C(=O)O)oc1CNC(=O)OCc1ccccc1. The molecule has 0 saturated heterocycles. The van der Waals surface area contributed by atoms with Gasteiger partial charge in [-0.25, -0.2) is 14.6 Å². The predicted molar refractivity (Wildman–Crippen MR) is 71.7 cm³/mol. The minimum absolute atomic E-state index is 0.0136. The van der Waals surface area contributed by atoms with Gasteiger partial charge in [0.05, 0.1) is 12.2 Å². The van der Waals surface area contributed by atoms with Crippen molar-refractivity contribution in [2.75, 3.05) is 0 Å². The molecule has 0 aliphatic carbocycles. The van der Waals surface area contributed by atoms with E-state index in [9.17, 15) is 9.59 Å². The standard InChI is InChI=1S/C14H14N2O5/c1-9-11(21-12(16-9)13(17)18)7-15-14(19)20-8-10-5-3-2-4-6-10/h2-6H,7-8H2,1H3,(H,15,19)(H,17,18). The van der Waals surface area contributed by atoms with Crippen LogP contribution in [0.3, 0.4) is 0 Å². The third-order valence-electron chi connectivity index (χ3n) is 2.68. The molecule has 110 valence electrons. The molecule has 0 radical (unpaired) electrons. The number of alkyl carbamates (subject to hydrolysis) is 1. The number of hydrogen-bond acceptors (Lipinski definition) is 5. The largest absolute Gasteiger partial charge is 0.474 e. The molecule has 1 aromatic carbocycles. The summed E-state index contributed by atoms with van der Waals surface area (Å²) in [5.74, 6) is -1.37. The molecule has 7 nitrogen and oxygen atoms in total. The number of carboxylic acid groups (broad SMARTS) is 1. The van der Waals surface area contributed by atoms with Crippen molar-refractivity contribution in [3.63, 3.8) is 0 Å². The average molecular weight is 290 g/mol. The van der Waals surface area contributed by atoms with Crippen LogP contribution in [0.5, 0.6) is 0 Å². The summed E-state index contributed by atoms with van der Waals surface area (Å²) < 4.78 is 10.0. The topological polar surface area (TPSA) is 102 Å². The maximum atomic E-state index is 11.5. The first kappa shape index (κ1) is 14.6. The Kier molecular flexibility index (Phi) is 4.55. The maximum Gasteiger partial charge on any atom is 0.407 e. The highest BCUT2D eigenvalue weighted by Gasteiger charge is 2.15. The Morgan fingerprint density at radius 3 is 2.67 bits per heavy atom. The van der Waals surface area contributed by atoms with Gasteiger partial charge in [0.25, 0.3) is 0 Å². The Bertz CT molecular complexity index is 636. The smallest absolute Gasteiger partial charge is 0.407 e. The van der Waals surface area contributed by atoms with Gasteiger partial charge in [-0.1, -0.05) is 30.3 Å². The third kappa shape index (κ3) is 4.07. The van der Waals surface area contributed by atoms with E-state index >= 15 is 0 Å². The fraction of sp³-hybridized carbons (Fsp3) is 0.214. The van der Waals surface area contributed by atoms with Crippen LogP contribution in [0.25, 0.3) is 0 Å². The van der Waals surface area contributed by atoms with E-state index in [2.05, 4.69) is 10.3 Å². The number of aryl methyl sites for hydroxylation is 1. The Balaban J connectivity index is 1.82. The van der Waals surface area contributed by atoms with E-state index in [0.717, 1.165) is 5.56 Å². The molecular formula is C14H14N2O5. The van der Waals surface area contributed by atoms with Crippen molar-refractivity contribution < 1.29 is 23.8 Å². The maximum absolute atomic E-state index is 11.5. The molecule has 2 aromatic rings. The Hall–Kier alpha value is -2.83. The van der Waals surface area contributed by atoms with Gasteiger partial charge in [-0.2, -0.15) is 0 Å². The van der Waals surface area contributed by atoms with Gasteiger partial charge in [0.1, 0.15) is 12.4 Å². The van der Waals surface area contributed by atoms with Crippen molar-refractivity contribution >= 4 is 12.1 Å². The first-order chi connectivity index (χ1) is 10.1. The van der Waals surface area contributed by atoms with E-state index in [1.807, 2.05) is 30.3 Å². The van der Waals surface area contributed by atoms with Gasteiger partial charge in [0.15, 0.2) is 0 Å². The van der Waals surface area contributed by atoms with Crippen LogP contribution >= 0.6 is 0 Å². The van der Waals surface area contributed by atoms with Crippen LogP contribution in [0.4, 0.5) is 4.79 Å². The predicted octanol–water partition coefficient (Wildman–Crippen LogP) is 2.11. The fourth-order valence-electron chi connectivity index (χ4n) is 1.61. The van der Waals surface area contributed by atoms with Gasteiger partial charge in [-0.05, 0) is 12.5 Å². The van der Waals surface area contributed by atoms with Crippen molar-refractivity contribution in [3.8, 4) is 0 Å². The van der Waals surface area contributed by atoms with Crippen LogP contribution in [0, 0.1) is 6.92 Å². The molecule has 0 bridgehead atoms. The van der Waals surface area contributed by atoms with Crippen LogP contribution in [-0.4, -0.2) is 22.2 Å². The van der Waals surface area contributed by atoms with Crippen molar-refractivity contribution in [3.05, 3.63) is 53.2 Å². The van der Waals surface area contributed by atoms with Crippen molar-refractivity contribution in [1.82, 2.24) is 10.3 Å². The first-order valence-electron chi connectivity index (χ1n) is 6.20. The number of nitrogens with one attached hydrogen (secondary N) is 1. The molecule has 0 spiro atoms. The Morgan fingerprint density at radius 2 is 2.05 bits per heavy atom. The third-order valence-corrected chi connectivity index (χ3v) is 2.68. The number of amides is 1. The summed E-state index contributed by atoms with van der Waals surface area (Å²) in [6, 6.07) is 9.25. The molecule has 0 fully saturated rings. The van der Waals surface area contributed by atoms with Crippen molar-refractivity contribution in [1.29, 1.82) is 0 Å². The molecule has 7 heteroatoms. The van der Waals surface area contributed by atoms with Crippen molar-refractivity contribution in [2.24, 2.45) is 0 Å². The molecule has 0 aliphatic rings. The molecule has 0 saturated carbocycles. The zero-order valence-corrected chi connectivity index (χ0v) is 11.3. The van der Waals surface area contributed by atoms with Gasteiger partial charge in [0.2, 0.25) is 0 Å². The van der Waals surface area contributed by atoms with E-state index < -0.39 is 18.0 Å². The molecule has 2 rings (SSSR count). The van der Waals surface area contributed by atoms with Crippen LogP contribution < -0.4 is 5.32 Å². The van der Waals surface area contributed by atoms with Gasteiger partial charge < -0.3 is 19.6 Å². The van der Waals surface area contributed by atoms with Crippen molar-refractivity contribution in [2.45, 2.75) is 20.1 Å². The highest BCUT2D eigenvalue weighted by Crippen LogP contribution is 2.10. The lowest BCUT2D eigenvalue weighted by molar-refractivity contribution is 0.0651.